The standard InChI is InChI=1S/C12H12ClFO2/c1-2-16-12(15)5-3-4-9-6-10(13)8-11(14)7-9/h3-4,6-8H,2,5H2,1H3. The van der Waals surface area contributed by atoms with Crippen molar-refractivity contribution < 1.29 is 13.9 Å². The lowest BCUT2D eigenvalue weighted by Gasteiger charge is -1.98. The SMILES string of the molecule is CCOC(=O)CC=Cc1cc(F)cc(Cl)c1. The Bertz CT molecular complexity index is 382. The molecule has 0 aliphatic carbocycles. The minimum atomic E-state index is -0.400. The maximum atomic E-state index is 12.9. The second-order valence-electron chi connectivity index (χ2n) is 3.11. The molecule has 1 aromatic carbocycles. The molecule has 0 fully saturated rings. The molecule has 16 heavy (non-hydrogen) atoms. The molecule has 86 valence electrons. The monoisotopic (exact) mass is 242 g/mol. The smallest absolute Gasteiger partial charge is 0.309 e. The van der Waals surface area contributed by atoms with Gasteiger partial charge in [-0.2, -0.15) is 0 Å². The van der Waals surface area contributed by atoms with E-state index in [0.29, 0.717) is 17.2 Å². The molecule has 1 rings (SSSR count). The van der Waals surface area contributed by atoms with Crippen molar-refractivity contribution in [2.24, 2.45) is 0 Å². The number of halogens is 2. The number of carbonyl (C=O) groups is 1. The molecule has 4 heteroatoms. The second-order valence-corrected chi connectivity index (χ2v) is 3.55. The normalized spacial score (nSPS) is 10.7. The van der Waals surface area contributed by atoms with Crippen LogP contribution >= 0.6 is 11.6 Å². The van der Waals surface area contributed by atoms with Crippen LogP contribution < -0.4 is 0 Å². The van der Waals surface area contributed by atoms with Crippen molar-refractivity contribution in [1.29, 1.82) is 0 Å². The van der Waals surface area contributed by atoms with E-state index >= 15 is 0 Å². The minimum Gasteiger partial charge on any atom is -0.466 e. The summed E-state index contributed by atoms with van der Waals surface area (Å²) in [6.45, 7) is 2.10. The fourth-order valence-electron chi connectivity index (χ4n) is 1.18. The molecular weight excluding hydrogens is 231 g/mol. The van der Waals surface area contributed by atoms with Gasteiger partial charge in [-0.25, -0.2) is 4.39 Å². The Labute approximate surface area is 98.7 Å². The van der Waals surface area contributed by atoms with E-state index < -0.39 is 5.82 Å². The Hall–Kier alpha value is -1.35. The number of benzene rings is 1. The highest BCUT2D eigenvalue weighted by atomic mass is 35.5. The molecule has 0 saturated heterocycles. The molecule has 0 bridgehead atoms. The molecule has 0 heterocycles. The molecule has 0 amide bonds. The third-order valence-electron chi connectivity index (χ3n) is 1.79. The maximum Gasteiger partial charge on any atom is 0.309 e. The van der Waals surface area contributed by atoms with Gasteiger partial charge in [0, 0.05) is 5.02 Å². The van der Waals surface area contributed by atoms with Gasteiger partial charge in [-0.3, -0.25) is 4.79 Å². The van der Waals surface area contributed by atoms with Crippen LogP contribution in [0.15, 0.2) is 24.3 Å². The molecule has 2 nitrogen and oxygen atoms in total. The molecular formula is C12H12ClFO2. The summed E-state index contributed by atoms with van der Waals surface area (Å²) in [5.41, 5.74) is 0.620. The highest BCUT2D eigenvalue weighted by Crippen LogP contribution is 2.15. The Morgan fingerprint density at radius 2 is 2.25 bits per heavy atom. The first-order valence-corrected chi connectivity index (χ1v) is 5.28. The second kappa shape index (κ2) is 6.28. The van der Waals surface area contributed by atoms with Crippen molar-refractivity contribution >= 4 is 23.6 Å². The zero-order valence-electron chi connectivity index (χ0n) is 8.87. The van der Waals surface area contributed by atoms with Crippen molar-refractivity contribution in [3.05, 3.63) is 40.7 Å². The van der Waals surface area contributed by atoms with Gasteiger partial charge < -0.3 is 4.74 Å². The molecule has 0 atom stereocenters. The van der Waals surface area contributed by atoms with Gasteiger partial charge >= 0.3 is 5.97 Å². The van der Waals surface area contributed by atoms with Gasteiger partial charge in [-0.15, -0.1) is 0 Å². The predicted octanol–water partition coefficient (Wildman–Crippen LogP) is 3.45. The molecule has 0 unspecified atom stereocenters. The quantitative estimate of drug-likeness (QED) is 0.756. The Balaban J connectivity index is 2.59. The molecule has 0 aliphatic rings. The van der Waals surface area contributed by atoms with Crippen molar-refractivity contribution in [2.75, 3.05) is 6.61 Å². The number of hydrogen-bond donors (Lipinski definition) is 0. The minimum absolute atomic E-state index is 0.169. The fourth-order valence-corrected chi connectivity index (χ4v) is 1.41. The van der Waals surface area contributed by atoms with E-state index in [2.05, 4.69) is 0 Å². The number of ether oxygens (including phenoxy) is 1. The van der Waals surface area contributed by atoms with E-state index in [4.69, 9.17) is 16.3 Å². The summed E-state index contributed by atoms with van der Waals surface area (Å²) < 4.78 is 17.7. The van der Waals surface area contributed by atoms with Crippen LogP contribution in [0.25, 0.3) is 6.08 Å². The van der Waals surface area contributed by atoms with E-state index in [1.54, 1.807) is 25.1 Å². The first-order chi connectivity index (χ1) is 7.61. The van der Waals surface area contributed by atoms with E-state index in [1.165, 1.54) is 12.1 Å². The van der Waals surface area contributed by atoms with Crippen molar-refractivity contribution in [1.82, 2.24) is 0 Å². The van der Waals surface area contributed by atoms with Crippen LogP contribution in [0.2, 0.25) is 5.02 Å². The molecule has 0 N–H and O–H groups in total. The average molecular weight is 243 g/mol. The number of carbonyl (C=O) groups excluding carboxylic acids is 1. The molecule has 0 spiro atoms. The molecule has 0 radical (unpaired) electrons. The van der Waals surface area contributed by atoms with Crippen LogP contribution in [0, 0.1) is 5.82 Å². The van der Waals surface area contributed by atoms with E-state index in [-0.39, 0.29) is 12.4 Å². The van der Waals surface area contributed by atoms with Gasteiger partial charge in [0.1, 0.15) is 5.82 Å². The summed E-state index contributed by atoms with van der Waals surface area (Å²) in [5, 5.41) is 0.329. The van der Waals surface area contributed by atoms with Gasteiger partial charge in [0.2, 0.25) is 0 Å². The number of rotatable bonds is 4. The molecule has 0 saturated carbocycles. The Morgan fingerprint density at radius 3 is 2.88 bits per heavy atom. The maximum absolute atomic E-state index is 12.9. The van der Waals surface area contributed by atoms with Gasteiger partial charge in [-0.1, -0.05) is 23.8 Å². The van der Waals surface area contributed by atoms with Crippen LogP contribution in [0.5, 0.6) is 0 Å². The largest absolute Gasteiger partial charge is 0.466 e. The van der Waals surface area contributed by atoms with E-state index in [9.17, 15) is 9.18 Å². The summed E-state index contributed by atoms with van der Waals surface area (Å²) in [7, 11) is 0. The average Bonchev–Trinajstić information content (AvgIpc) is 2.16. The summed E-state index contributed by atoms with van der Waals surface area (Å²) >= 11 is 5.68. The van der Waals surface area contributed by atoms with Crippen molar-refractivity contribution in [3.63, 3.8) is 0 Å². The summed E-state index contributed by atoms with van der Waals surface area (Å²) in [6.07, 6.45) is 3.41. The third-order valence-corrected chi connectivity index (χ3v) is 2.00. The lowest BCUT2D eigenvalue weighted by Crippen LogP contribution is -2.01. The summed E-state index contributed by atoms with van der Waals surface area (Å²) in [6, 6.07) is 4.18. The van der Waals surface area contributed by atoms with E-state index in [1.807, 2.05) is 0 Å². The van der Waals surface area contributed by atoms with Gasteiger partial charge in [-0.05, 0) is 30.7 Å². The molecule has 0 aliphatic heterocycles. The van der Waals surface area contributed by atoms with Crippen molar-refractivity contribution in [2.45, 2.75) is 13.3 Å². The number of hydrogen-bond acceptors (Lipinski definition) is 2. The van der Waals surface area contributed by atoms with Crippen molar-refractivity contribution in [3.8, 4) is 0 Å². The van der Waals surface area contributed by atoms with Crippen LogP contribution in [0.4, 0.5) is 4.39 Å². The van der Waals surface area contributed by atoms with Gasteiger partial charge in [0.15, 0.2) is 0 Å². The molecule has 0 aromatic heterocycles. The van der Waals surface area contributed by atoms with E-state index in [0.717, 1.165) is 0 Å². The number of esters is 1. The lowest BCUT2D eigenvalue weighted by molar-refractivity contribution is -0.142. The predicted molar refractivity (Wildman–Crippen MR) is 61.7 cm³/mol. The van der Waals surface area contributed by atoms with Crippen LogP contribution in [0.1, 0.15) is 18.9 Å². The first kappa shape index (κ1) is 12.7. The summed E-state index contributed by atoms with van der Waals surface area (Å²) in [5.74, 6) is -0.704. The topological polar surface area (TPSA) is 26.3 Å². The first-order valence-electron chi connectivity index (χ1n) is 4.90. The lowest BCUT2D eigenvalue weighted by atomic mass is 10.2. The fraction of sp³-hybridized carbons (Fsp3) is 0.250. The van der Waals surface area contributed by atoms with Gasteiger partial charge in [0.05, 0.1) is 13.0 Å². The molecule has 1 aromatic rings. The Morgan fingerprint density at radius 1 is 1.50 bits per heavy atom. The van der Waals surface area contributed by atoms with Gasteiger partial charge in [0.25, 0.3) is 0 Å². The highest BCUT2D eigenvalue weighted by Gasteiger charge is 1.98. The van der Waals surface area contributed by atoms with Crippen LogP contribution in [0.3, 0.4) is 0 Å². The highest BCUT2D eigenvalue weighted by molar-refractivity contribution is 6.30. The Kier molecular flexibility index (Phi) is 4.99. The zero-order valence-corrected chi connectivity index (χ0v) is 9.63. The van der Waals surface area contributed by atoms with Crippen LogP contribution in [-0.4, -0.2) is 12.6 Å². The third kappa shape index (κ3) is 4.45. The van der Waals surface area contributed by atoms with Crippen LogP contribution in [-0.2, 0) is 9.53 Å². The summed E-state index contributed by atoms with van der Waals surface area (Å²) in [4.78, 5) is 11.0. The zero-order chi connectivity index (χ0) is 12.0.